The SMILES string of the molecule is O=[N+]([O-])c1nccn1CC(CO)(CO)CCl.O=[N+]([O-])c1nccn1CC(CO)(CO)CO. The second kappa shape index (κ2) is 12.4. The molecular weight excluding hydrogens is 456 g/mol. The molecule has 0 bridgehead atoms. The molecule has 2 aromatic heterocycles. The van der Waals surface area contributed by atoms with Crippen LogP contribution in [0.3, 0.4) is 0 Å². The minimum atomic E-state index is -1.19. The van der Waals surface area contributed by atoms with E-state index in [-0.39, 0.29) is 44.1 Å². The Morgan fingerprint density at radius 1 is 0.781 bits per heavy atom. The van der Waals surface area contributed by atoms with Gasteiger partial charge in [0.2, 0.25) is 0 Å². The minimum Gasteiger partial charge on any atom is -0.396 e. The molecule has 32 heavy (non-hydrogen) atoms. The first kappa shape index (κ1) is 27.3. The molecule has 0 amide bonds. The quantitative estimate of drug-likeness (QED) is 0.137. The van der Waals surface area contributed by atoms with Crippen LogP contribution in [0.1, 0.15) is 0 Å². The van der Waals surface area contributed by atoms with Crippen LogP contribution in [0.2, 0.25) is 0 Å². The molecule has 0 spiro atoms. The highest BCUT2D eigenvalue weighted by Gasteiger charge is 2.33. The summed E-state index contributed by atoms with van der Waals surface area (Å²) in [5.41, 5.74) is -2.17. The van der Waals surface area contributed by atoms with E-state index in [1.54, 1.807) is 0 Å². The fraction of sp³-hybridized carbons (Fsp3) is 0.625. The number of nitro groups is 2. The normalized spacial score (nSPS) is 11.7. The lowest BCUT2D eigenvalue weighted by molar-refractivity contribution is -0.397. The Kier molecular flexibility index (Phi) is 10.6. The lowest BCUT2D eigenvalue weighted by Crippen LogP contribution is -2.38. The maximum absolute atomic E-state index is 10.6. The van der Waals surface area contributed by atoms with E-state index in [9.17, 15) is 20.2 Å². The van der Waals surface area contributed by atoms with Gasteiger partial charge >= 0.3 is 11.9 Å². The van der Waals surface area contributed by atoms with Crippen LogP contribution in [0.5, 0.6) is 0 Å². The van der Waals surface area contributed by atoms with E-state index in [0.29, 0.717) is 0 Å². The molecule has 2 aromatic rings. The summed E-state index contributed by atoms with van der Waals surface area (Å²) in [6.07, 6.45) is 5.29. The highest BCUT2D eigenvalue weighted by molar-refractivity contribution is 6.18. The Morgan fingerprint density at radius 2 is 1.12 bits per heavy atom. The number of rotatable bonds is 12. The number of nitrogens with zero attached hydrogens (tertiary/aromatic N) is 6. The standard InChI is InChI=1S/C8H12ClN3O4.C8H13N3O5/c9-3-8(5-13,6-14)4-11-2-1-10-7(11)12(15)16;12-4-8(5-13,6-14)3-10-2-1-9-7(10)11(15)16/h1-2,13-14H,3-6H2;1-2,12-14H,3-6H2. The van der Waals surface area contributed by atoms with Gasteiger partial charge in [-0.2, -0.15) is 0 Å². The summed E-state index contributed by atoms with van der Waals surface area (Å²) in [7, 11) is 0. The first-order chi connectivity index (χ1) is 15.2. The molecule has 0 saturated carbocycles. The smallest absolute Gasteiger partial charge is 0.396 e. The van der Waals surface area contributed by atoms with Gasteiger partial charge in [0.25, 0.3) is 0 Å². The number of aromatic nitrogens is 4. The first-order valence-electron chi connectivity index (χ1n) is 9.08. The van der Waals surface area contributed by atoms with Gasteiger partial charge in [-0.1, -0.05) is 9.97 Å². The third kappa shape index (κ3) is 6.65. The summed E-state index contributed by atoms with van der Waals surface area (Å²) in [4.78, 5) is 26.9. The van der Waals surface area contributed by atoms with Crippen molar-refractivity contribution in [1.82, 2.24) is 19.1 Å². The molecule has 0 saturated heterocycles. The molecule has 0 aliphatic rings. The maximum Gasteiger partial charge on any atom is 0.434 e. The number of halogens is 1. The van der Waals surface area contributed by atoms with E-state index >= 15 is 0 Å². The molecule has 0 aromatic carbocycles. The largest absolute Gasteiger partial charge is 0.434 e. The Labute approximate surface area is 186 Å². The van der Waals surface area contributed by atoms with Crippen molar-refractivity contribution in [1.29, 1.82) is 0 Å². The Morgan fingerprint density at radius 3 is 1.41 bits per heavy atom. The zero-order valence-electron chi connectivity index (χ0n) is 16.9. The van der Waals surface area contributed by atoms with Crippen LogP contribution in [0, 0.1) is 31.1 Å². The van der Waals surface area contributed by atoms with Crippen LogP contribution in [0.25, 0.3) is 0 Å². The van der Waals surface area contributed by atoms with Crippen molar-refractivity contribution in [2.75, 3.05) is 38.9 Å². The van der Waals surface area contributed by atoms with Gasteiger partial charge in [0.05, 0.1) is 57.0 Å². The van der Waals surface area contributed by atoms with Crippen molar-refractivity contribution in [3.05, 3.63) is 45.0 Å². The van der Waals surface area contributed by atoms with Gasteiger partial charge in [0.1, 0.15) is 24.8 Å². The molecule has 0 atom stereocenters. The van der Waals surface area contributed by atoms with Gasteiger partial charge in [-0.25, -0.2) is 9.13 Å². The maximum atomic E-state index is 10.6. The Balaban J connectivity index is 0.000000320. The number of hydrogen-bond acceptors (Lipinski definition) is 11. The lowest BCUT2D eigenvalue weighted by Gasteiger charge is -2.25. The molecule has 0 unspecified atom stereocenters. The van der Waals surface area contributed by atoms with Gasteiger partial charge in [0, 0.05) is 5.88 Å². The molecule has 0 aliphatic carbocycles. The zero-order chi connectivity index (χ0) is 24.4. The summed E-state index contributed by atoms with van der Waals surface area (Å²) in [6.45, 7) is -2.18. The molecule has 0 fully saturated rings. The van der Waals surface area contributed by atoms with E-state index in [1.807, 2.05) is 0 Å². The average molecular weight is 481 g/mol. The predicted octanol–water partition coefficient (Wildman–Crippen LogP) is -1.24. The van der Waals surface area contributed by atoms with E-state index in [4.69, 9.17) is 37.1 Å². The number of aliphatic hydroxyl groups is 5. The first-order valence-corrected chi connectivity index (χ1v) is 9.62. The van der Waals surface area contributed by atoms with Crippen LogP contribution in [0.4, 0.5) is 11.9 Å². The number of hydrogen-bond donors (Lipinski definition) is 5. The number of alkyl halides is 1. The third-order valence-corrected chi connectivity index (χ3v) is 5.25. The molecule has 5 N–H and O–H groups in total. The van der Waals surface area contributed by atoms with Gasteiger partial charge in [0.15, 0.2) is 0 Å². The van der Waals surface area contributed by atoms with Crippen molar-refractivity contribution < 1.29 is 35.4 Å². The van der Waals surface area contributed by atoms with Crippen molar-refractivity contribution in [2.45, 2.75) is 13.1 Å². The minimum absolute atomic E-state index is 0.00463. The molecule has 16 heteroatoms. The molecule has 15 nitrogen and oxygen atoms in total. The Bertz CT molecular complexity index is 779. The summed E-state index contributed by atoms with van der Waals surface area (Å²) in [6, 6.07) is 0. The van der Waals surface area contributed by atoms with Crippen molar-refractivity contribution >= 4 is 23.5 Å². The molecule has 0 radical (unpaired) electrons. The van der Waals surface area contributed by atoms with E-state index in [0.717, 1.165) is 0 Å². The van der Waals surface area contributed by atoms with Crippen molar-refractivity contribution in [3.63, 3.8) is 0 Å². The monoisotopic (exact) mass is 480 g/mol. The number of aliphatic hydroxyl groups excluding tert-OH is 5. The number of imidazole rings is 2. The molecular formula is C16H25ClN6O9. The topological polar surface area (TPSA) is 223 Å². The van der Waals surface area contributed by atoms with Gasteiger partial charge in [-0.05, 0) is 9.85 Å². The highest BCUT2D eigenvalue weighted by atomic mass is 35.5. The van der Waals surface area contributed by atoms with Gasteiger partial charge in [-0.3, -0.25) is 0 Å². The summed E-state index contributed by atoms with van der Waals surface area (Å²) in [5, 5.41) is 66.7. The molecule has 2 heterocycles. The van der Waals surface area contributed by atoms with Gasteiger partial charge in [-0.15, -0.1) is 11.6 Å². The second-order valence-corrected chi connectivity index (χ2v) is 7.42. The van der Waals surface area contributed by atoms with Gasteiger partial charge < -0.3 is 45.8 Å². The van der Waals surface area contributed by atoms with E-state index < -0.39 is 40.5 Å². The summed E-state index contributed by atoms with van der Waals surface area (Å²) < 4.78 is 2.41. The van der Waals surface area contributed by atoms with E-state index in [1.165, 1.54) is 33.9 Å². The Hall–Kier alpha value is -2.69. The fourth-order valence-corrected chi connectivity index (χ4v) is 2.75. The molecule has 180 valence electrons. The van der Waals surface area contributed by atoms with Crippen molar-refractivity contribution in [3.8, 4) is 0 Å². The third-order valence-electron chi connectivity index (χ3n) is 4.69. The lowest BCUT2D eigenvalue weighted by atomic mass is 9.91. The zero-order valence-corrected chi connectivity index (χ0v) is 17.7. The summed E-state index contributed by atoms with van der Waals surface area (Å²) >= 11 is 5.65. The molecule has 0 aliphatic heterocycles. The second-order valence-electron chi connectivity index (χ2n) is 7.15. The van der Waals surface area contributed by atoms with Crippen LogP contribution in [-0.4, -0.2) is 93.4 Å². The fourth-order valence-electron chi connectivity index (χ4n) is 2.49. The molecule has 2 rings (SSSR count). The van der Waals surface area contributed by atoms with Crippen molar-refractivity contribution in [2.24, 2.45) is 10.8 Å². The predicted molar refractivity (Wildman–Crippen MR) is 109 cm³/mol. The average Bonchev–Trinajstić information content (AvgIpc) is 3.46. The van der Waals surface area contributed by atoms with Crippen LogP contribution >= 0.6 is 11.6 Å². The van der Waals surface area contributed by atoms with Crippen LogP contribution < -0.4 is 0 Å². The summed E-state index contributed by atoms with van der Waals surface area (Å²) in [5.74, 6) is -0.730. The van der Waals surface area contributed by atoms with Crippen LogP contribution in [-0.2, 0) is 13.1 Å². The highest BCUT2D eigenvalue weighted by Crippen LogP contribution is 2.23. The van der Waals surface area contributed by atoms with Crippen LogP contribution in [0.15, 0.2) is 24.8 Å². The van der Waals surface area contributed by atoms with E-state index in [2.05, 4.69) is 9.97 Å².